The van der Waals surface area contributed by atoms with Gasteiger partial charge in [0.1, 0.15) is 31.6 Å². The Labute approximate surface area is 217 Å². The van der Waals surface area contributed by atoms with E-state index in [2.05, 4.69) is 30.4 Å². The minimum atomic E-state index is 0.0999. The molecule has 0 aromatic carbocycles. The maximum Gasteiger partial charge on any atom is 0.145 e. The van der Waals surface area contributed by atoms with Crippen molar-refractivity contribution in [1.82, 2.24) is 30.4 Å². The van der Waals surface area contributed by atoms with Crippen LogP contribution in [0.5, 0.6) is 0 Å². The topological polar surface area (TPSA) is 111 Å². The van der Waals surface area contributed by atoms with Crippen LogP contribution in [0.1, 0.15) is 56.6 Å². The molecule has 0 saturated heterocycles. The van der Waals surface area contributed by atoms with Crippen LogP contribution in [0.2, 0.25) is 0 Å². The van der Waals surface area contributed by atoms with Crippen LogP contribution in [0.3, 0.4) is 0 Å². The highest BCUT2D eigenvalue weighted by atomic mass is 32.1. The van der Waals surface area contributed by atoms with E-state index < -0.39 is 0 Å². The van der Waals surface area contributed by atoms with Crippen molar-refractivity contribution < 1.29 is 9.59 Å². The molecule has 10 heteroatoms. The van der Waals surface area contributed by atoms with E-state index in [-0.39, 0.29) is 11.6 Å². The van der Waals surface area contributed by atoms with Crippen LogP contribution in [0.4, 0.5) is 0 Å². The van der Waals surface area contributed by atoms with Crippen molar-refractivity contribution in [3.05, 3.63) is 80.2 Å². The summed E-state index contributed by atoms with van der Waals surface area (Å²) in [6.07, 6.45) is 8.71. The van der Waals surface area contributed by atoms with Crippen molar-refractivity contribution in [3.8, 4) is 0 Å². The van der Waals surface area contributed by atoms with Gasteiger partial charge in [-0.2, -0.15) is 0 Å². The zero-order chi connectivity index (χ0) is 24.7. The first-order valence-electron chi connectivity index (χ1n) is 12.1. The molecule has 0 aliphatic heterocycles. The van der Waals surface area contributed by atoms with E-state index in [0.29, 0.717) is 37.5 Å². The largest absolute Gasteiger partial charge is 0.299 e. The maximum absolute atomic E-state index is 12.4. The number of hydrogen-bond acceptors (Lipinski definition) is 10. The fourth-order valence-electron chi connectivity index (χ4n) is 4.55. The van der Waals surface area contributed by atoms with Crippen molar-refractivity contribution in [2.24, 2.45) is 5.92 Å². The van der Waals surface area contributed by atoms with E-state index in [1.54, 1.807) is 23.7 Å². The van der Waals surface area contributed by atoms with Gasteiger partial charge in [-0.15, -0.1) is 43.1 Å². The Morgan fingerprint density at radius 1 is 0.722 bits per heavy atom. The third-order valence-electron chi connectivity index (χ3n) is 6.25. The number of aromatic nitrogens is 6. The number of Topliss-reactive ketones (excluding diaryl/α,β-unsaturated/α-hetero) is 2. The number of hydrogen-bond donors (Lipinski definition) is 0. The summed E-state index contributed by atoms with van der Waals surface area (Å²) in [5.41, 5.74) is 1.56. The Balaban J connectivity index is 1.09. The van der Waals surface area contributed by atoms with E-state index >= 15 is 0 Å². The Hall–Kier alpha value is -3.24. The number of rotatable bonds is 11. The van der Waals surface area contributed by atoms with E-state index in [9.17, 15) is 9.59 Å². The molecular weight excluding hydrogens is 492 g/mol. The van der Waals surface area contributed by atoms with Gasteiger partial charge < -0.3 is 0 Å². The third kappa shape index (κ3) is 6.70. The Morgan fingerprint density at radius 2 is 1.33 bits per heavy atom. The van der Waals surface area contributed by atoms with E-state index in [4.69, 9.17) is 0 Å². The van der Waals surface area contributed by atoms with Gasteiger partial charge in [0.15, 0.2) is 0 Å². The molecule has 4 aromatic rings. The lowest BCUT2D eigenvalue weighted by Crippen LogP contribution is -2.07. The number of nitrogens with zero attached hydrogens (tertiary/aromatic N) is 6. The van der Waals surface area contributed by atoms with Gasteiger partial charge in [-0.3, -0.25) is 19.6 Å². The normalized spacial score (nSPS) is 17.3. The summed E-state index contributed by atoms with van der Waals surface area (Å²) in [4.78, 5) is 33.2. The molecule has 1 saturated carbocycles. The van der Waals surface area contributed by atoms with Crippen molar-refractivity contribution >= 4 is 34.2 Å². The van der Waals surface area contributed by atoms with Gasteiger partial charge in [0.25, 0.3) is 0 Å². The predicted molar refractivity (Wildman–Crippen MR) is 137 cm³/mol. The molecule has 36 heavy (non-hydrogen) atoms. The van der Waals surface area contributed by atoms with Crippen LogP contribution in [-0.2, 0) is 41.7 Å². The van der Waals surface area contributed by atoms with Gasteiger partial charge in [0.2, 0.25) is 0 Å². The summed E-state index contributed by atoms with van der Waals surface area (Å²) in [5.74, 6) is 1.09. The maximum atomic E-state index is 12.4. The van der Waals surface area contributed by atoms with Gasteiger partial charge in [0.05, 0.1) is 12.8 Å². The molecule has 2 atom stereocenters. The average molecular weight is 519 g/mol. The lowest BCUT2D eigenvalue weighted by molar-refractivity contribution is -0.118. The number of pyridine rings is 2. The molecule has 0 N–H and O–H groups in total. The minimum absolute atomic E-state index is 0.0999. The van der Waals surface area contributed by atoms with Crippen LogP contribution < -0.4 is 0 Å². The van der Waals surface area contributed by atoms with Crippen molar-refractivity contribution in [2.75, 3.05) is 0 Å². The lowest BCUT2D eigenvalue weighted by Gasteiger charge is -2.06. The highest BCUT2D eigenvalue weighted by molar-refractivity contribution is 7.11. The van der Waals surface area contributed by atoms with E-state index in [1.807, 2.05) is 36.4 Å². The molecular formula is C26H26N6O2S2. The summed E-state index contributed by atoms with van der Waals surface area (Å²) in [5, 5.41) is 20.8. The molecule has 0 spiro atoms. The van der Waals surface area contributed by atoms with Crippen molar-refractivity contribution in [2.45, 2.75) is 57.3 Å². The fourth-order valence-corrected chi connectivity index (χ4v) is 6.55. The summed E-state index contributed by atoms with van der Waals surface area (Å²) in [7, 11) is 0. The second kappa shape index (κ2) is 11.7. The summed E-state index contributed by atoms with van der Waals surface area (Å²) in [6, 6.07) is 11.2. The molecule has 0 radical (unpaired) electrons. The van der Waals surface area contributed by atoms with Gasteiger partial charge in [-0.25, -0.2) is 0 Å². The predicted octanol–water partition coefficient (Wildman–Crippen LogP) is 4.01. The van der Waals surface area contributed by atoms with Crippen molar-refractivity contribution in [3.63, 3.8) is 0 Å². The van der Waals surface area contributed by atoms with E-state index in [1.165, 1.54) is 11.3 Å². The first-order chi connectivity index (χ1) is 17.6. The molecule has 1 aliphatic rings. The Morgan fingerprint density at radius 3 is 1.97 bits per heavy atom. The molecule has 1 fully saturated rings. The zero-order valence-electron chi connectivity index (χ0n) is 19.7. The molecule has 4 heterocycles. The Bertz CT molecular complexity index is 1310. The first-order valence-corrected chi connectivity index (χ1v) is 13.7. The molecule has 1 unspecified atom stereocenters. The van der Waals surface area contributed by atoms with Crippen molar-refractivity contribution in [1.29, 1.82) is 0 Å². The summed E-state index contributed by atoms with van der Waals surface area (Å²) in [6.45, 7) is 0. The van der Waals surface area contributed by atoms with Crippen LogP contribution >= 0.6 is 22.7 Å². The number of ketones is 2. The highest BCUT2D eigenvalue weighted by Gasteiger charge is 2.29. The van der Waals surface area contributed by atoms with Gasteiger partial charge in [-0.1, -0.05) is 12.1 Å². The second-order valence-corrected chi connectivity index (χ2v) is 11.4. The molecule has 5 rings (SSSR count). The van der Waals surface area contributed by atoms with E-state index in [0.717, 1.165) is 57.1 Å². The van der Waals surface area contributed by atoms with Gasteiger partial charge in [0, 0.05) is 49.0 Å². The minimum Gasteiger partial charge on any atom is -0.299 e. The monoisotopic (exact) mass is 518 g/mol. The molecule has 1 aliphatic carbocycles. The standard InChI is InChI=1S/C26H26N6O2S2/c33-21(13-19-5-1-3-9-27-19)15-24-30-29-23(35-24)12-17-7-8-18(11-17)26-32-31-25(36-26)16-22(34)14-20-6-2-4-10-28-20/h1-6,9-10,17-18H,7-8,11-16H2/t17?,18-/m0/s1. The third-order valence-corrected chi connectivity index (χ3v) is 8.28. The molecule has 4 aromatic heterocycles. The number of carbonyl (C=O) groups is 2. The second-order valence-electron chi connectivity index (χ2n) is 9.13. The Kier molecular flexibility index (Phi) is 7.92. The lowest BCUT2D eigenvalue weighted by atomic mass is 10.0. The van der Waals surface area contributed by atoms with Crippen LogP contribution in [0, 0.1) is 5.92 Å². The van der Waals surface area contributed by atoms with Gasteiger partial charge >= 0.3 is 0 Å². The smallest absolute Gasteiger partial charge is 0.145 e. The van der Waals surface area contributed by atoms with Gasteiger partial charge in [-0.05, 0) is 49.4 Å². The van der Waals surface area contributed by atoms with Crippen LogP contribution in [0.25, 0.3) is 0 Å². The molecule has 0 amide bonds. The zero-order valence-corrected chi connectivity index (χ0v) is 21.4. The van der Waals surface area contributed by atoms with Crippen LogP contribution in [0.15, 0.2) is 48.8 Å². The summed E-state index contributed by atoms with van der Waals surface area (Å²) >= 11 is 3.09. The van der Waals surface area contributed by atoms with Crippen LogP contribution in [-0.4, -0.2) is 41.9 Å². The SMILES string of the molecule is O=C(Cc1ccccn1)Cc1nnc(CC2CC[C@H](c3nnc(CC(=O)Cc4ccccn4)s3)C2)s1. The number of carbonyl (C=O) groups excluding carboxylic acids is 2. The highest BCUT2D eigenvalue weighted by Crippen LogP contribution is 2.41. The molecule has 8 nitrogen and oxygen atoms in total. The first kappa shape index (κ1) is 24.5. The molecule has 184 valence electrons. The summed E-state index contributed by atoms with van der Waals surface area (Å²) < 4.78 is 0. The fraction of sp³-hybridized carbons (Fsp3) is 0.385. The average Bonchev–Trinajstić information content (AvgIpc) is 3.62. The quantitative estimate of drug-likeness (QED) is 0.293. The molecule has 0 bridgehead atoms.